The monoisotopic (exact) mass is 397 g/mol. The first-order chi connectivity index (χ1) is 8.67. The van der Waals surface area contributed by atoms with E-state index in [2.05, 4.69) is 32.9 Å². The van der Waals surface area contributed by atoms with E-state index in [1.165, 1.54) is 6.42 Å². The fourth-order valence-electron chi connectivity index (χ4n) is 1.36. The number of nitrogens with zero attached hydrogens (tertiary/aromatic N) is 3. The molecule has 5 nitrogen and oxygen atoms in total. The van der Waals surface area contributed by atoms with Gasteiger partial charge < -0.3 is 15.5 Å². The highest BCUT2D eigenvalue weighted by atomic mass is 127. The van der Waals surface area contributed by atoms with Crippen molar-refractivity contribution in [2.75, 3.05) is 32.6 Å². The number of thiazole rings is 1. The molecule has 1 aromatic heterocycles. The smallest absolute Gasteiger partial charge is 0.191 e. The van der Waals surface area contributed by atoms with Crippen molar-refractivity contribution >= 4 is 46.4 Å². The summed E-state index contributed by atoms with van der Waals surface area (Å²) in [6, 6.07) is 0. The van der Waals surface area contributed by atoms with Crippen LogP contribution in [0.1, 0.15) is 25.5 Å². The first kappa shape index (κ1) is 18.4. The SMILES string of the molecule is CCCCNC(=NC)NCc1csc(N(C)C)n1.I. The Bertz CT molecular complexity index is 378. The second-order valence-corrected chi connectivity index (χ2v) is 5.06. The number of anilines is 1. The maximum Gasteiger partial charge on any atom is 0.191 e. The first-order valence-electron chi connectivity index (χ1n) is 6.23. The number of aromatic nitrogens is 1. The van der Waals surface area contributed by atoms with Crippen LogP contribution in [0, 0.1) is 0 Å². The first-order valence-corrected chi connectivity index (χ1v) is 7.11. The van der Waals surface area contributed by atoms with Gasteiger partial charge in [0.1, 0.15) is 0 Å². The summed E-state index contributed by atoms with van der Waals surface area (Å²) in [4.78, 5) is 10.7. The number of hydrogen-bond acceptors (Lipinski definition) is 4. The number of hydrogen-bond donors (Lipinski definition) is 2. The van der Waals surface area contributed by atoms with Gasteiger partial charge in [-0.25, -0.2) is 4.98 Å². The number of guanidine groups is 1. The van der Waals surface area contributed by atoms with Crippen LogP contribution in [0.25, 0.3) is 0 Å². The normalized spacial score (nSPS) is 10.8. The molecule has 0 amide bonds. The molecular formula is C12H24IN5S. The second kappa shape index (κ2) is 10.2. The molecule has 0 fully saturated rings. The van der Waals surface area contributed by atoms with E-state index in [-0.39, 0.29) is 24.0 Å². The molecule has 0 saturated carbocycles. The van der Waals surface area contributed by atoms with Gasteiger partial charge in [-0.3, -0.25) is 4.99 Å². The lowest BCUT2D eigenvalue weighted by atomic mass is 10.3. The molecule has 110 valence electrons. The van der Waals surface area contributed by atoms with Gasteiger partial charge in [-0.2, -0.15) is 0 Å². The third kappa shape index (κ3) is 6.95. The van der Waals surface area contributed by atoms with Crippen molar-refractivity contribution < 1.29 is 0 Å². The molecule has 0 bridgehead atoms. The van der Waals surface area contributed by atoms with Crippen LogP contribution in [0.2, 0.25) is 0 Å². The molecule has 19 heavy (non-hydrogen) atoms. The van der Waals surface area contributed by atoms with Crippen LogP contribution in [0.3, 0.4) is 0 Å². The van der Waals surface area contributed by atoms with Crippen LogP contribution < -0.4 is 15.5 Å². The molecule has 0 aliphatic rings. The Morgan fingerprint density at radius 2 is 2.16 bits per heavy atom. The van der Waals surface area contributed by atoms with E-state index < -0.39 is 0 Å². The molecule has 1 rings (SSSR count). The molecule has 0 unspecified atom stereocenters. The zero-order chi connectivity index (χ0) is 13.4. The van der Waals surface area contributed by atoms with Crippen molar-refractivity contribution in [2.24, 2.45) is 4.99 Å². The average molecular weight is 397 g/mol. The third-order valence-electron chi connectivity index (χ3n) is 2.41. The molecule has 0 atom stereocenters. The van der Waals surface area contributed by atoms with Crippen molar-refractivity contribution in [1.29, 1.82) is 0 Å². The predicted molar refractivity (Wildman–Crippen MR) is 95.0 cm³/mol. The van der Waals surface area contributed by atoms with Crippen molar-refractivity contribution in [1.82, 2.24) is 15.6 Å². The minimum Gasteiger partial charge on any atom is -0.356 e. The van der Waals surface area contributed by atoms with Gasteiger partial charge in [0.25, 0.3) is 0 Å². The maximum absolute atomic E-state index is 4.51. The number of rotatable bonds is 6. The van der Waals surface area contributed by atoms with E-state index in [0.717, 1.165) is 29.8 Å². The molecule has 0 spiro atoms. The Kier molecular flexibility index (Phi) is 9.94. The molecule has 0 aromatic carbocycles. The Morgan fingerprint density at radius 3 is 2.68 bits per heavy atom. The fourth-order valence-corrected chi connectivity index (χ4v) is 2.12. The molecule has 1 heterocycles. The molecule has 0 aliphatic heterocycles. The number of aliphatic imine (C=N–C) groups is 1. The molecule has 0 aliphatic carbocycles. The summed E-state index contributed by atoms with van der Waals surface area (Å²) < 4.78 is 0. The standard InChI is InChI=1S/C12H23N5S.HI/c1-5-6-7-14-11(13-2)15-8-10-9-18-12(16-10)17(3)4;/h9H,5-8H2,1-4H3,(H2,13,14,15);1H. The predicted octanol–water partition coefficient (Wildman–Crippen LogP) is 2.29. The molecule has 7 heteroatoms. The van der Waals surface area contributed by atoms with Gasteiger partial charge in [0, 0.05) is 33.1 Å². The Hall–Kier alpha value is -0.570. The van der Waals surface area contributed by atoms with Gasteiger partial charge in [-0.05, 0) is 6.42 Å². The Balaban J connectivity index is 0.00000324. The fraction of sp³-hybridized carbons (Fsp3) is 0.667. The van der Waals surface area contributed by atoms with Gasteiger partial charge in [-0.15, -0.1) is 35.3 Å². The summed E-state index contributed by atoms with van der Waals surface area (Å²) in [5.41, 5.74) is 1.04. The topological polar surface area (TPSA) is 52.6 Å². The summed E-state index contributed by atoms with van der Waals surface area (Å²) in [6.45, 7) is 3.84. The molecule has 1 aromatic rings. The van der Waals surface area contributed by atoms with E-state index in [4.69, 9.17) is 0 Å². The summed E-state index contributed by atoms with van der Waals surface area (Å²) >= 11 is 1.65. The van der Waals surface area contributed by atoms with Gasteiger partial charge in [0.15, 0.2) is 11.1 Å². The van der Waals surface area contributed by atoms with Crippen LogP contribution in [0.5, 0.6) is 0 Å². The lowest BCUT2D eigenvalue weighted by Crippen LogP contribution is -2.37. The average Bonchev–Trinajstić information content (AvgIpc) is 2.82. The van der Waals surface area contributed by atoms with Crippen LogP contribution in [-0.4, -0.2) is 38.6 Å². The van der Waals surface area contributed by atoms with Crippen molar-refractivity contribution in [3.05, 3.63) is 11.1 Å². The second-order valence-electron chi connectivity index (χ2n) is 4.22. The highest BCUT2D eigenvalue weighted by Crippen LogP contribution is 2.17. The summed E-state index contributed by atoms with van der Waals surface area (Å²) in [5.74, 6) is 0.836. The Morgan fingerprint density at radius 1 is 1.42 bits per heavy atom. The third-order valence-corrected chi connectivity index (χ3v) is 3.46. The van der Waals surface area contributed by atoms with Crippen molar-refractivity contribution in [2.45, 2.75) is 26.3 Å². The van der Waals surface area contributed by atoms with E-state index >= 15 is 0 Å². The lowest BCUT2D eigenvalue weighted by molar-refractivity contribution is 0.726. The zero-order valence-corrected chi connectivity index (χ0v) is 15.2. The lowest BCUT2D eigenvalue weighted by Gasteiger charge is -2.10. The number of halogens is 1. The van der Waals surface area contributed by atoms with Gasteiger partial charge in [0.2, 0.25) is 0 Å². The van der Waals surface area contributed by atoms with Crippen LogP contribution in [-0.2, 0) is 6.54 Å². The van der Waals surface area contributed by atoms with Crippen LogP contribution >= 0.6 is 35.3 Å². The molecule has 0 radical (unpaired) electrons. The van der Waals surface area contributed by atoms with Crippen LogP contribution in [0.15, 0.2) is 10.4 Å². The number of unbranched alkanes of at least 4 members (excludes halogenated alkanes) is 1. The van der Waals surface area contributed by atoms with Gasteiger partial charge >= 0.3 is 0 Å². The van der Waals surface area contributed by atoms with Crippen molar-refractivity contribution in [3.8, 4) is 0 Å². The minimum absolute atomic E-state index is 0. The maximum atomic E-state index is 4.51. The van der Waals surface area contributed by atoms with E-state index in [9.17, 15) is 0 Å². The molecule has 0 saturated heterocycles. The minimum atomic E-state index is 0. The molecular weight excluding hydrogens is 373 g/mol. The highest BCUT2D eigenvalue weighted by molar-refractivity contribution is 14.0. The summed E-state index contributed by atoms with van der Waals surface area (Å²) in [5, 5.41) is 9.64. The van der Waals surface area contributed by atoms with Crippen LogP contribution in [0.4, 0.5) is 5.13 Å². The van der Waals surface area contributed by atoms with E-state index in [1.54, 1.807) is 18.4 Å². The summed E-state index contributed by atoms with van der Waals surface area (Å²) in [6.07, 6.45) is 2.34. The van der Waals surface area contributed by atoms with Gasteiger partial charge in [0.05, 0.1) is 12.2 Å². The zero-order valence-electron chi connectivity index (χ0n) is 12.1. The quantitative estimate of drug-likeness (QED) is 0.335. The van der Waals surface area contributed by atoms with E-state index in [1.807, 2.05) is 19.0 Å². The number of nitrogens with one attached hydrogen (secondary N) is 2. The van der Waals surface area contributed by atoms with Gasteiger partial charge in [-0.1, -0.05) is 13.3 Å². The largest absolute Gasteiger partial charge is 0.356 e. The summed E-state index contributed by atoms with van der Waals surface area (Å²) in [7, 11) is 5.79. The highest BCUT2D eigenvalue weighted by Gasteiger charge is 2.04. The Labute approximate surface area is 136 Å². The molecule has 2 N–H and O–H groups in total. The van der Waals surface area contributed by atoms with Crippen molar-refractivity contribution in [3.63, 3.8) is 0 Å². The van der Waals surface area contributed by atoms with E-state index in [0.29, 0.717) is 6.54 Å².